The minimum absolute atomic E-state index is 0.0546. The van der Waals surface area contributed by atoms with Gasteiger partial charge >= 0.3 is 0 Å². The number of carbonyl (C=O) groups excluding carboxylic acids is 1. The fraction of sp³-hybridized carbons (Fsp3) is 0.545. The lowest BCUT2D eigenvalue weighted by molar-refractivity contribution is -0.120. The Labute approximate surface area is 104 Å². The molecule has 1 aromatic rings. The van der Waals surface area contributed by atoms with Gasteiger partial charge in [-0.15, -0.1) is 16.8 Å². The van der Waals surface area contributed by atoms with Crippen LogP contribution in [0.4, 0.5) is 0 Å². The summed E-state index contributed by atoms with van der Waals surface area (Å²) >= 11 is 1.28. The number of aromatic nitrogens is 2. The molecule has 0 bridgehead atoms. The summed E-state index contributed by atoms with van der Waals surface area (Å²) in [5.41, 5.74) is 0. The van der Waals surface area contributed by atoms with E-state index in [1.165, 1.54) is 11.8 Å². The predicted octanol–water partition coefficient (Wildman–Crippen LogP) is 1.73. The van der Waals surface area contributed by atoms with Gasteiger partial charge in [0.25, 0.3) is 5.22 Å². The number of thioether (sulfide) groups is 1. The van der Waals surface area contributed by atoms with Crippen molar-refractivity contribution in [2.45, 2.75) is 36.2 Å². The molecule has 0 aliphatic heterocycles. The van der Waals surface area contributed by atoms with Gasteiger partial charge in [0, 0.05) is 12.5 Å². The Kier molecular flexibility index (Phi) is 3.83. The van der Waals surface area contributed by atoms with E-state index in [1.54, 1.807) is 6.08 Å². The lowest BCUT2D eigenvalue weighted by atomic mass is 10.4. The molecule has 0 aromatic carbocycles. The first-order valence-electron chi connectivity index (χ1n) is 5.59. The molecule has 0 spiro atoms. The minimum Gasteiger partial charge on any atom is -0.416 e. The highest BCUT2D eigenvalue weighted by molar-refractivity contribution is 8.00. The molecule has 1 saturated carbocycles. The van der Waals surface area contributed by atoms with E-state index in [0.717, 1.165) is 12.8 Å². The molecule has 0 saturated heterocycles. The molecule has 92 valence electrons. The molecule has 2 rings (SSSR count). The molecule has 1 fully saturated rings. The van der Waals surface area contributed by atoms with Crippen molar-refractivity contribution in [2.24, 2.45) is 0 Å². The molecule has 1 N–H and O–H groups in total. The van der Waals surface area contributed by atoms with Crippen LogP contribution in [0.5, 0.6) is 0 Å². The maximum absolute atomic E-state index is 11.6. The van der Waals surface area contributed by atoms with Crippen LogP contribution < -0.4 is 5.32 Å². The van der Waals surface area contributed by atoms with Crippen molar-refractivity contribution >= 4 is 17.7 Å². The molecule has 0 radical (unpaired) electrons. The lowest BCUT2D eigenvalue weighted by Gasteiger charge is -2.07. The van der Waals surface area contributed by atoms with Crippen molar-refractivity contribution in [3.8, 4) is 0 Å². The standard InChI is InChI=1S/C11H15N3O2S/c1-3-6-12-9(15)7(2)17-11-14-13-10(16-11)8-4-5-8/h3,7-8H,1,4-6H2,2H3,(H,12,15)/t7-/m1/s1. The van der Waals surface area contributed by atoms with Gasteiger partial charge < -0.3 is 9.73 Å². The summed E-state index contributed by atoms with van der Waals surface area (Å²) in [5.74, 6) is 1.09. The highest BCUT2D eigenvalue weighted by Crippen LogP contribution is 2.40. The Hall–Kier alpha value is -1.30. The second-order valence-corrected chi connectivity index (χ2v) is 5.27. The fourth-order valence-electron chi connectivity index (χ4n) is 1.28. The number of hydrogen-bond donors (Lipinski definition) is 1. The van der Waals surface area contributed by atoms with E-state index >= 15 is 0 Å². The van der Waals surface area contributed by atoms with Gasteiger partial charge in [-0.25, -0.2) is 0 Å². The highest BCUT2D eigenvalue weighted by Gasteiger charge is 2.30. The zero-order valence-electron chi connectivity index (χ0n) is 9.68. The van der Waals surface area contributed by atoms with Crippen molar-refractivity contribution in [3.05, 3.63) is 18.5 Å². The van der Waals surface area contributed by atoms with Crippen molar-refractivity contribution in [2.75, 3.05) is 6.54 Å². The Bertz CT molecular complexity index is 415. The van der Waals surface area contributed by atoms with Crippen LogP contribution in [0.3, 0.4) is 0 Å². The first-order valence-corrected chi connectivity index (χ1v) is 6.47. The maximum atomic E-state index is 11.6. The van der Waals surface area contributed by atoms with Crippen molar-refractivity contribution in [1.29, 1.82) is 0 Å². The average molecular weight is 253 g/mol. The van der Waals surface area contributed by atoms with Gasteiger partial charge in [0.05, 0.1) is 5.25 Å². The molecule has 1 atom stereocenters. The molecule has 1 heterocycles. The maximum Gasteiger partial charge on any atom is 0.277 e. The van der Waals surface area contributed by atoms with E-state index in [1.807, 2.05) is 6.92 Å². The van der Waals surface area contributed by atoms with Crippen LogP contribution in [0, 0.1) is 0 Å². The zero-order chi connectivity index (χ0) is 12.3. The fourth-order valence-corrected chi connectivity index (χ4v) is 2.00. The average Bonchev–Trinajstić information content (AvgIpc) is 3.07. The smallest absolute Gasteiger partial charge is 0.277 e. The van der Waals surface area contributed by atoms with Crippen LogP contribution in [0.15, 0.2) is 22.3 Å². The molecule has 1 aromatic heterocycles. The summed E-state index contributed by atoms with van der Waals surface area (Å²) in [4.78, 5) is 11.6. The molecular formula is C11H15N3O2S. The van der Waals surface area contributed by atoms with Crippen molar-refractivity contribution in [1.82, 2.24) is 15.5 Å². The van der Waals surface area contributed by atoms with Gasteiger partial charge in [-0.2, -0.15) is 0 Å². The normalized spacial score (nSPS) is 16.5. The van der Waals surface area contributed by atoms with E-state index in [0.29, 0.717) is 23.6 Å². The van der Waals surface area contributed by atoms with Crippen LogP contribution >= 0.6 is 11.8 Å². The number of nitrogens with one attached hydrogen (secondary N) is 1. The Morgan fingerprint density at radius 3 is 3.12 bits per heavy atom. The largest absolute Gasteiger partial charge is 0.416 e. The number of rotatable bonds is 6. The molecule has 1 aliphatic carbocycles. The SMILES string of the molecule is C=CCNC(=O)[C@@H](C)Sc1nnc(C2CC2)o1. The topological polar surface area (TPSA) is 68.0 Å². The van der Waals surface area contributed by atoms with E-state index in [-0.39, 0.29) is 11.2 Å². The van der Waals surface area contributed by atoms with Crippen molar-refractivity contribution < 1.29 is 9.21 Å². The molecule has 1 amide bonds. The summed E-state index contributed by atoms with van der Waals surface area (Å²) in [7, 11) is 0. The van der Waals surface area contributed by atoms with E-state index < -0.39 is 0 Å². The molecular weight excluding hydrogens is 238 g/mol. The van der Waals surface area contributed by atoms with Crippen LogP contribution in [-0.4, -0.2) is 27.9 Å². The first kappa shape index (κ1) is 12.2. The molecule has 17 heavy (non-hydrogen) atoms. The van der Waals surface area contributed by atoms with Gasteiger partial charge in [0.1, 0.15) is 0 Å². The summed E-state index contributed by atoms with van der Waals surface area (Å²) in [6.45, 7) is 5.83. The third kappa shape index (κ3) is 3.33. The van der Waals surface area contributed by atoms with Gasteiger partial charge in [-0.3, -0.25) is 4.79 Å². The third-order valence-corrected chi connectivity index (χ3v) is 3.35. The van der Waals surface area contributed by atoms with Gasteiger partial charge in [-0.05, 0) is 19.8 Å². The molecule has 0 unspecified atom stereocenters. The van der Waals surface area contributed by atoms with Gasteiger partial charge in [-0.1, -0.05) is 17.8 Å². The Morgan fingerprint density at radius 2 is 2.47 bits per heavy atom. The quantitative estimate of drug-likeness (QED) is 0.617. The Balaban J connectivity index is 1.85. The van der Waals surface area contributed by atoms with Crippen LogP contribution in [0.25, 0.3) is 0 Å². The summed E-state index contributed by atoms with van der Waals surface area (Å²) in [5, 5.41) is 10.8. The minimum atomic E-state index is -0.248. The molecule has 6 heteroatoms. The number of nitrogens with zero attached hydrogens (tertiary/aromatic N) is 2. The van der Waals surface area contributed by atoms with Gasteiger partial charge in [0.15, 0.2) is 0 Å². The van der Waals surface area contributed by atoms with E-state index in [4.69, 9.17) is 4.42 Å². The first-order chi connectivity index (χ1) is 8.20. The number of carbonyl (C=O) groups is 1. The van der Waals surface area contributed by atoms with Crippen LogP contribution in [0.1, 0.15) is 31.6 Å². The van der Waals surface area contributed by atoms with Gasteiger partial charge in [0.2, 0.25) is 11.8 Å². The summed E-state index contributed by atoms with van der Waals surface area (Å²) < 4.78 is 5.47. The summed E-state index contributed by atoms with van der Waals surface area (Å²) in [6, 6.07) is 0. The molecule has 5 nitrogen and oxygen atoms in total. The predicted molar refractivity (Wildman–Crippen MR) is 64.8 cm³/mol. The van der Waals surface area contributed by atoms with Crippen LogP contribution in [-0.2, 0) is 4.79 Å². The highest BCUT2D eigenvalue weighted by atomic mass is 32.2. The third-order valence-electron chi connectivity index (χ3n) is 2.42. The lowest BCUT2D eigenvalue weighted by Crippen LogP contribution is -2.30. The van der Waals surface area contributed by atoms with Crippen LogP contribution in [0.2, 0.25) is 0 Å². The zero-order valence-corrected chi connectivity index (χ0v) is 10.5. The number of hydrogen-bond acceptors (Lipinski definition) is 5. The van der Waals surface area contributed by atoms with Crippen molar-refractivity contribution in [3.63, 3.8) is 0 Å². The second-order valence-electron chi connectivity index (χ2n) is 3.97. The number of amides is 1. The van der Waals surface area contributed by atoms with E-state index in [9.17, 15) is 4.79 Å². The van der Waals surface area contributed by atoms with E-state index in [2.05, 4.69) is 22.1 Å². The monoisotopic (exact) mass is 253 g/mol. The summed E-state index contributed by atoms with van der Waals surface area (Å²) in [6.07, 6.45) is 3.90. The molecule has 1 aliphatic rings. The second kappa shape index (κ2) is 5.35. The Morgan fingerprint density at radius 1 is 1.71 bits per heavy atom.